The molecule has 2 unspecified atom stereocenters. The third kappa shape index (κ3) is 5.92. The zero-order chi connectivity index (χ0) is 25.0. The molecule has 1 N–H and O–H groups in total. The number of amides is 1. The summed E-state index contributed by atoms with van der Waals surface area (Å²) in [5.74, 6) is 0.0993. The number of amidine groups is 1. The molecule has 2 fully saturated rings. The minimum atomic E-state index is -4.39. The minimum Gasteiger partial charge on any atom is -0.409 e. The monoisotopic (exact) mass is 485 g/mol. The first kappa shape index (κ1) is 24.9. The number of carbonyl (C=O) groups is 1. The maximum absolute atomic E-state index is 13.3. The summed E-state index contributed by atoms with van der Waals surface area (Å²) >= 11 is 0. The van der Waals surface area contributed by atoms with Crippen LogP contribution >= 0.6 is 0 Å². The minimum absolute atomic E-state index is 0.0122. The van der Waals surface area contributed by atoms with Crippen molar-refractivity contribution in [1.82, 2.24) is 4.90 Å². The van der Waals surface area contributed by atoms with Crippen LogP contribution in [0.4, 0.5) is 13.2 Å². The van der Waals surface area contributed by atoms with Gasteiger partial charge in [0.15, 0.2) is 5.84 Å². The molecule has 1 aliphatic carbocycles. The number of alkyl halides is 3. The summed E-state index contributed by atoms with van der Waals surface area (Å²) in [7, 11) is 0. The van der Waals surface area contributed by atoms with E-state index in [0.29, 0.717) is 25.1 Å². The van der Waals surface area contributed by atoms with Crippen LogP contribution in [-0.4, -0.2) is 40.7 Å². The van der Waals surface area contributed by atoms with Crippen LogP contribution in [0.25, 0.3) is 0 Å². The molecule has 1 amide bonds. The number of halogens is 3. The molecule has 0 radical (unpaired) electrons. The smallest absolute Gasteiger partial charge is 0.409 e. The van der Waals surface area contributed by atoms with Crippen LogP contribution in [0.3, 0.4) is 0 Å². The Labute approximate surface area is 203 Å². The molecule has 1 saturated carbocycles. The Morgan fingerprint density at radius 3 is 2.23 bits per heavy atom. The lowest BCUT2D eigenvalue weighted by atomic mass is 9.81. The maximum Gasteiger partial charge on any atom is 0.416 e. The lowest BCUT2D eigenvalue weighted by Gasteiger charge is -2.39. The van der Waals surface area contributed by atoms with E-state index in [9.17, 15) is 23.2 Å². The van der Waals surface area contributed by atoms with E-state index in [0.717, 1.165) is 49.1 Å². The Kier molecular flexibility index (Phi) is 7.57. The van der Waals surface area contributed by atoms with E-state index in [4.69, 9.17) is 0 Å². The van der Waals surface area contributed by atoms with Gasteiger partial charge in [0.1, 0.15) is 0 Å². The highest BCUT2D eigenvalue weighted by molar-refractivity contribution is 6.06. The van der Waals surface area contributed by atoms with E-state index in [-0.39, 0.29) is 29.5 Å². The number of nitrogens with zero attached hydrogens (tertiary/aromatic N) is 3. The van der Waals surface area contributed by atoms with Gasteiger partial charge in [0, 0.05) is 42.1 Å². The second-order valence-electron chi connectivity index (χ2n) is 9.52. The van der Waals surface area contributed by atoms with E-state index >= 15 is 0 Å². The number of benzene rings is 2. The van der Waals surface area contributed by atoms with Crippen LogP contribution < -0.4 is 0 Å². The van der Waals surface area contributed by atoms with Crippen LogP contribution in [0, 0.1) is 11.8 Å². The zero-order valence-corrected chi connectivity index (χ0v) is 19.7. The van der Waals surface area contributed by atoms with Crippen molar-refractivity contribution in [2.45, 2.75) is 51.1 Å². The standard InChI is InChI=1S/C27H30F3N3O2/c1-18(31-25(32-35)20-7-3-2-4-8-20)22-15-23(19-11-13-24(14-12-19)27(28,29)30)17-33(16-22)26(34)21-9-5-6-10-21/h2-4,7-8,11-14,21-23,35H,5-6,9-10,15-17H2,1H3/b31-18?,32-25-. The number of piperidine rings is 1. The van der Waals surface area contributed by atoms with Crippen molar-refractivity contribution in [3.8, 4) is 0 Å². The van der Waals surface area contributed by atoms with E-state index in [2.05, 4.69) is 10.1 Å². The molecule has 1 aliphatic heterocycles. The van der Waals surface area contributed by atoms with Crippen LogP contribution in [0.1, 0.15) is 61.6 Å². The van der Waals surface area contributed by atoms with Gasteiger partial charge in [-0.15, -0.1) is 0 Å². The first-order valence-corrected chi connectivity index (χ1v) is 12.0. The fraction of sp³-hybridized carbons (Fsp3) is 0.444. The van der Waals surface area contributed by atoms with Gasteiger partial charge in [-0.3, -0.25) is 4.79 Å². The van der Waals surface area contributed by atoms with E-state index in [1.807, 2.05) is 30.0 Å². The number of carbonyl (C=O) groups excluding carboxylic acids is 1. The highest BCUT2D eigenvalue weighted by Crippen LogP contribution is 2.36. The number of oxime groups is 1. The van der Waals surface area contributed by atoms with E-state index in [1.165, 1.54) is 12.1 Å². The lowest BCUT2D eigenvalue weighted by molar-refractivity contribution is -0.138. The molecule has 186 valence electrons. The van der Waals surface area contributed by atoms with Crippen LogP contribution in [0.15, 0.2) is 64.7 Å². The second-order valence-corrected chi connectivity index (χ2v) is 9.52. The van der Waals surface area contributed by atoms with Crippen LogP contribution in [0.5, 0.6) is 0 Å². The summed E-state index contributed by atoms with van der Waals surface area (Å²) in [6.07, 6.45) is 0.107. The highest BCUT2D eigenvalue weighted by atomic mass is 19.4. The molecule has 35 heavy (non-hydrogen) atoms. The molecular formula is C27H30F3N3O2. The van der Waals surface area contributed by atoms with E-state index < -0.39 is 11.7 Å². The molecule has 0 bridgehead atoms. The maximum atomic E-state index is 13.3. The molecular weight excluding hydrogens is 455 g/mol. The number of hydrogen-bond acceptors (Lipinski definition) is 3. The van der Waals surface area contributed by atoms with Crippen molar-refractivity contribution in [1.29, 1.82) is 0 Å². The van der Waals surface area contributed by atoms with Gasteiger partial charge in [-0.25, -0.2) is 4.99 Å². The summed E-state index contributed by atoms with van der Waals surface area (Å²) in [4.78, 5) is 19.8. The normalized spacial score (nSPS) is 22.5. The molecule has 5 nitrogen and oxygen atoms in total. The summed E-state index contributed by atoms with van der Waals surface area (Å²) in [5.41, 5.74) is 1.49. The van der Waals surface area contributed by atoms with Crippen molar-refractivity contribution >= 4 is 17.5 Å². The number of aliphatic imine (C=N–C) groups is 1. The largest absolute Gasteiger partial charge is 0.416 e. The highest BCUT2D eigenvalue weighted by Gasteiger charge is 2.36. The molecule has 1 saturated heterocycles. The van der Waals surface area contributed by atoms with Gasteiger partial charge in [-0.05, 0) is 43.9 Å². The third-order valence-corrected chi connectivity index (χ3v) is 7.18. The Balaban J connectivity index is 1.61. The predicted molar refractivity (Wildman–Crippen MR) is 129 cm³/mol. The van der Waals surface area contributed by atoms with Crippen LogP contribution in [0.2, 0.25) is 0 Å². The topological polar surface area (TPSA) is 65.3 Å². The second kappa shape index (κ2) is 10.6. The first-order valence-electron chi connectivity index (χ1n) is 12.0. The summed E-state index contributed by atoms with van der Waals surface area (Å²) in [6, 6.07) is 14.4. The van der Waals surface area contributed by atoms with Gasteiger partial charge in [0.25, 0.3) is 0 Å². The fourth-order valence-electron chi connectivity index (χ4n) is 5.19. The quantitative estimate of drug-likeness (QED) is 0.245. The molecule has 8 heteroatoms. The van der Waals surface area contributed by atoms with Crippen molar-refractivity contribution in [2.75, 3.05) is 13.1 Å². The zero-order valence-electron chi connectivity index (χ0n) is 19.7. The van der Waals surface area contributed by atoms with Crippen molar-refractivity contribution in [2.24, 2.45) is 22.0 Å². The third-order valence-electron chi connectivity index (χ3n) is 7.18. The molecule has 2 aliphatic rings. The number of likely N-dealkylation sites (tertiary alicyclic amines) is 1. The molecule has 2 atom stereocenters. The van der Waals surface area contributed by atoms with Gasteiger partial charge < -0.3 is 10.1 Å². The molecule has 0 spiro atoms. The lowest BCUT2D eigenvalue weighted by Crippen LogP contribution is -2.47. The summed E-state index contributed by atoms with van der Waals surface area (Å²) in [6.45, 7) is 2.82. The molecule has 2 aromatic rings. The van der Waals surface area contributed by atoms with Gasteiger partial charge >= 0.3 is 6.18 Å². The summed E-state index contributed by atoms with van der Waals surface area (Å²) in [5, 5.41) is 12.9. The Morgan fingerprint density at radius 1 is 0.971 bits per heavy atom. The molecule has 1 heterocycles. The van der Waals surface area contributed by atoms with Crippen molar-refractivity contribution in [3.63, 3.8) is 0 Å². The number of rotatable bonds is 4. The number of hydrogen-bond donors (Lipinski definition) is 1. The van der Waals surface area contributed by atoms with Crippen LogP contribution in [-0.2, 0) is 11.0 Å². The average molecular weight is 486 g/mol. The average Bonchev–Trinajstić information content (AvgIpc) is 3.41. The predicted octanol–water partition coefficient (Wildman–Crippen LogP) is 6.12. The van der Waals surface area contributed by atoms with E-state index in [1.54, 1.807) is 12.1 Å². The van der Waals surface area contributed by atoms with Gasteiger partial charge in [0.05, 0.1) is 5.56 Å². The SMILES string of the molecule is CC(=N/C(=N\O)c1ccccc1)C1CC(c2ccc(C(F)(F)F)cc2)CN(C(=O)C2CCCC2)C1. The molecule has 2 aromatic carbocycles. The molecule has 0 aromatic heterocycles. The fourth-order valence-corrected chi connectivity index (χ4v) is 5.19. The van der Waals surface area contributed by atoms with Crippen molar-refractivity contribution in [3.05, 3.63) is 71.3 Å². The van der Waals surface area contributed by atoms with Crippen molar-refractivity contribution < 1.29 is 23.2 Å². The van der Waals surface area contributed by atoms with Gasteiger partial charge in [-0.1, -0.05) is 60.5 Å². The Hall–Kier alpha value is -3.16. The molecule has 4 rings (SSSR count). The van der Waals surface area contributed by atoms with Gasteiger partial charge in [-0.2, -0.15) is 13.2 Å². The Morgan fingerprint density at radius 2 is 1.63 bits per heavy atom. The van der Waals surface area contributed by atoms with Gasteiger partial charge in [0.2, 0.25) is 5.91 Å². The summed E-state index contributed by atoms with van der Waals surface area (Å²) < 4.78 is 39.2. The Bertz CT molecular complexity index is 1080. The first-order chi connectivity index (χ1) is 16.8.